The summed E-state index contributed by atoms with van der Waals surface area (Å²) in [7, 11) is -5.03. The summed E-state index contributed by atoms with van der Waals surface area (Å²) in [4.78, 5) is 11.8. The third-order valence-electron chi connectivity index (χ3n) is 5.40. The lowest BCUT2D eigenvalue weighted by atomic mass is 10.0. The van der Waals surface area contributed by atoms with Gasteiger partial charge < -0.3 is 4.74 Å². The summed E-state index contributed by atoms with van der Waals surface area (Å²) < 4.78 is 99.6. The predicted octanol–water partition coefficient (Wildman–Crippen LogP) is 4.35. The molecule has 32 heavy (non-hydrogen) atoms. The predicted molar refractivity (Wildman–Crippen MR) is 102 cm³/mol. The van der Waals surface area contributed by atoms with Crippen molar-refractivity contribution in [1.82, 2.24) is 4.31 Å². The van der Waals surface area contributed by atoms with Crippen LogP contribution in [0.25, 0.3) is 0 Å². The van der Waals surface area contributed by atoms with Crippen molar-refractivity contribution in [3.63, 3.8) is 0 Å². The smallest absolute Gasteiger partial charge is 0.414 e. The second-order valence-electron chi connectivity index (χ2n) is 7.23. The van der Waals surface area contributed by atoms with Crippen molar-refractivity contribution >= 4 is 33.4 Å². The number of cyclic esters (lactones) is 1. The molecule has 0 spiro atoms. The number of benzene rings is 2. The van der Waals surface area contributed by atoms with E-state index in [1.807, 2.05) is 0 Å². The maximum Gasteiger partial charge on any atom is 0.414 e. The molecule has 0 aromatic heterocycles. The maximum absolute atomic E-state index is 14.1. The number of hydrogen-bond donors (Lipinski definition) is 0. The summed E-state index contributed by atoms with van der Waals surface area (Å²) in [6.45, 7) is -0.628. The highest BCUT2D eigenvalue weighted by atomic mass is 35.5. The molecule has 0 atom stereocenters. The summed E-state index contributed by atoms with van der Waals surface area (Å²) in [6, 6.07) is 4.30. The van der Waals surface area contributed by atoms with E-state index in [1.165, 1.54) is 4.90 Å². The van der Waals surface area contributed by atoms with Crippen molar-refractivity contribution in [2.24, 2.45) is 0 Å². The first-order valence-corrected chi connectivity index (χ1v) is 11.1. The minimum Gasteiger partial charge on any atom is -0.444 e. The molecule has 2 aliphatic heterocycles. The number of sulfonamides is 1. The highest BCUT2D eigenvalue weighted by Crippen LogP contribution is 2.35. The first-order valence-electron chi connectivity index (χ1n) is 9.30. The highest BCUT2D eigenvalue weighted by molar-refractivity contribution is 7.89. The number of hydrogen-bond acceptors (Lipinski definition) is 4. The van der Waals surface area contributed by atoms with Crippen molar-refractivity contribution in [3.05, 3.63) is 57.9 Å². The van der Waals surface area contributed by atoms with Crippen LogP contribution in [0.15, 0.2) is 23.1 Å². The molecular weight excluding hydrogens is 483 g/mol. The molecule has 172 valence electrons. The fraction of sp³-hybridized carbons (Fsp3) is 0.316. The van der Waals surface area contributed by atoms with Gasteiger partial charge >= 0.3 is 6.09 Å². The Morgan fingerprint density at radius 2 is 1.50 bits per heavy atom. The van der Waals surface area contributed by atoms with Crippen molar-refractivity contribution in [2.45, 2.75) is 30.4 Å². The number of carbonyl (C=O) groups is 1. The van der Waals surface area contributed by atoms with Gasteiger partial charge in [0.1, 0.15) is 6.61 Å². The Balaban J connectivity index is 1.60. The molecule has 0 unspecified atom stereocenters. The molecule has 4 rings (SSSR count). The van der Waals surface area contributed by atoms with Gasteiger partial charge in [-0.05, 0) is 31.0 Å². The number of piperidine rings is 1. The van der Waals surface area contributed by atoms with E-state index in [2.05, 4.69) is 0 Å². The van der Waals surface area contributed by atoms with Gasteiger partial charge in [-0.15, -0.1) is 0 Å². The van der Waals surface area contributed by atoms with Crippen molar-refractivity contribution in [1.29, 1.82) is 0 Å². The molecule has 1 amide bonds. The lowest BCUT2D eigenvalue weighted by Crippen LogP contribution is -2.50. The molecule has 2 aromatic carbocycles. The van der Waals surface area contributed by atoms with E-state index in [0.717, 1.165) is 0 Å². The number of halogens is 6. The summed E-state index contributed by atoms with van der Waals surface area (Å²) in [5.41, 5.74) is 1.18. The second-order valence-corrected chi connectivity index (χ2v) is 9.54. The molecular formula is C19H14ClF5N2O4S. The number of amides is 1. The molecule has 13 heteroatoms. The average Bonchev–Trinajstić information content (AvgIpc) is 2.76. The van der Waals surface area contributed by atoms with E-state index in [0.29, 0.717) is 20.6 Å². The minimum atomic E-state index is -5.03. The van der Waals surface area contributed by atoms with Crippen LogP contribution < -0.4 is 4.90 Å². The Morgan fingerprint density at radius 1 is 0.938 bits per heavy atom. The Bertz CT molecular complexity index is 1190. The summed E-state index contributed by atoms with van der Waals surface area (Å²) in [5, 5.41) is 0.436. The number of anilines is 1. The van der Waals surface area contributed by atoms with Crippen LogP contribution in [-0.4, -0.2) is 37.9 Å². The first kappa shape index (κ1) is 22.7. The van der Waals surface area contributed by atoms with Crippen LogP contribution >= 0.6 is 11.6 Å². The number of fused-ring (bicyclic) bond motifs is 1. The average molecular weight is 497 g/mol. The lowest BCUT2D eigenvalue weighted by molar-refractivity contribution is 0.136. The third kappa shape index (κ3) is 3.59. The van der Waals surface area contributed by atoms with Crippen molar-refractivity contribution < 1.29 is 39.9 Å². The molecule has 6 nitrogen and oxygen atoms in total. The largest absolute Gasteiger partial charge is 0.444 e. The quantitative estimate of drug-likeness (QED) is 0.360. The molecule has 1 fully saturated rings. The summed E-state index contributed by atoms with van der Waals surface area (Å²) in [6.07, 6.45) is -0.585. The van der Waals surface area contributed by atoms with E-state index in [4.69, 9.17) is 16.3 Å². The van der Waals surface area contributed by atoms with Crippen LogP contribution in [0.4, 0.5) is 32.4 Å². The Labute approximate surface area is 184 Å². The normalized spacial score (nSPS) is 17.9. The van der Waals surface area contributed by atoms with E-state index in [1.54, 1.807) is 18.2 Å². The molecule has 0 N–H and O–H groups in total. The lowest BCUT2D eigenvalue weighted by Gasteiger charge is -2.39. The number of nitrogens with zero attached hydrogens (tertiary/aromatic N) is 2. The Kier molecular flexibility index (Phi) is 5.80. The van der Waals surface area contributed by atoms with Crippen LogP contribution in [0.2, 0.25) is 5.02 Å². The second kappa shape index (κ2) is 8.16. The van der Waals surface area contributed by atoms with E-state index < -0.39 is 56.1 Å². The van der Waals surface area contributed by atoms with Crippen LogP contribution in [0.1, 0.15) is 18.4 Å². The standard InChI is InChI=1S/C19H14ClF5N2O4S/c20-10-1-2-12-9(7-10)8-31-19(28)27(12)11-3-5-26(6-4-11)32(29,30)18-16(24)14(22)13(21)15(23)17(18)25/h1-2,7,11H,3-6,8H2. The maximum atomic E-state index is 14.1. The van der Waals surface area contributed by atoms with Crippen LogP contribution in [-0.2, 0) is 21.4 Å². The topological polar surface area (TPSA) is 66.9 Å². The SMILES string of the molecule is O=C1OCc2cc(Cl)ccc2N1C1CCN(S(=O)(=O)c2c(F)c(F)c(F)c(F)c2F)CC1. The molecule has 2 aliphatic rings. The van der Waals surface area contributed by atoms with Gasteiger partial charge in [0.15, 0.2) is 28.2 Å². The number of rotatable bonds is 3. The molecule has 0 saturated carbocycles. The molecule has 0 radical (unpaired) electrons. The zero-order valence-corrected chi connectivity index (χ0v) is 17.6. The van der Waals surface area contributed by atoms with Crippen LogP contribution in [0, 0.1) is 29.1 Å². The zero-order chi connectivity index (χ0) is 23.4. The first-order chi connectivity index (χ1) is 15.0. The monoisotopic (exact) mass is 496 g/mol. The fourth-order valence-corrected chi connectivity index (χ4v) is 5.62. The molecule has 0 bridgehead atoms. The third-order valence-corrected chi connectivity index (χ3v) is 7.56. The van der Waals surface area contributed by atoms with E-state index >= 15 is 0 Å². The van der Waals surface area contributed by atoms with Gasteiger partial charge in [-0.1, -0.05) is 11.6 Å². The Hall–Kier alpha value is -2.44. The highest BCUT2D eigenvalue weighted by Gasteiger charge is 2.41. The minimum absolute atomic E-state index is 0.0126. The summed E-state index contributed by atoms with van der Waals surface area (Å²) in [5.74, 6) is -12.0. The van der Waals surface area contributed by atoms with Gasteiger partial charge in [-0.3, -0.25) is 4.90 Å². The zero-order valence-electron chi connectivity index (χ0n) is 16.0. The summed E-state index contributed by atoms with van der Waals surface area (Å²) >= 11 is 5.96. The fourth-order valence-electron chi connectivity index (χ4n) is 3.84. The van der Waals surface area contributed by atoms with Crippen molar-refractivity contribution in [2.75, 3.05) is 18.0 Å². The van der Waals surface area contributed by atoms with Crippen molar-refractivity contribution in [3.8, 4) is 0 Å². The van der Waals surface area contributed by atoms with Gasteiger partial charge in [-0.2, -0.15) is 4.31 Å². The number of ether oxygens (including phenoxy) is 1. The van der Waals surface area contributed by atoms with Gasteiger partial charge in [0, 0.05) is 29.7 Å². The molecule has 1 saturated heterocycles. The van der Waals surface area contributed by atoms with Gasteiger partial charge in [0.2, 0.25) is 15.8 Å². The van der Waals surface area contributed by atoms with E-state index in [-0.39, 0.29) is 32.5 Å². The van der Waals surface area contributed by atoms with Gasteiger partial charge in [0.25, 0.3) is 0 Å². The molecule has 2 aromatic rings. The van der Waals surface area contributed by atoms with Crippen LogP contribution in [0.3, 0.4) is 0 Å². The van der Waals surface area contributed by atoms with Gasteiger partial charge in [-0.25, -0.2) is 35.2 Å². The van der Waals surface area contributed by atoms with Gasteiger partial charge in [0.05, 0.1) is 5.69 Å². The van der Waals surface area contributed by atoms with Crippen LogP contribution in [0.5, 0.6) is 0 Å². The molecule has 2 heterocycles. The Morgan fingerprint density at radius 3 is 2.09 bits per heavy atom. The van der Waals surface area contributed by atoms with E-state index in [9.17, 15) is 35.2 Å². The number of carbonyl (C=O) groups excluding carboxylic acids is 1. The molecule has 0 aliphatic carbocycles.